The Balaban J connectivity index is 1.79. The summed E-state index contributed by atoms with van der Waals surface area (Å²) in [7, 11) is 1.44. The number of amides is 1. The Kier molecular flexibility index (Phi) is 5.10. The van der Waals surface area contributed by atoms with E-state index in [1.54, 1.807) is 18.2 Å². The van der Waals surface area contributed by atoms with Gasteiger partial charge in [0, 0.05) is 15.4 Å². The summed E-state index contributed by atoms with van der Waals surface area (Å²) >= 11 is 6.60. The summed E-state index contributed by atoms with van der Waals surface area (Å²) in [6, 6.07) is 10.6. The lowest BCUT2D eigenvalue weighted by atomic mass is 10.2. The van der Waals surface area contributed by atoms with Gasteiger partial charge < -0.3 is 14.3 Å². The molecule has 0 fully saturated rings. The Morgan fingerprint density at radius 2 is 2.04 bits per heavy atom. The minimum atomic E-state index is -0.464. The van der Waals surface area contributed by atoms with Gasteiger partial charge >= 0.3 is 5.91 Å². The Morgan fingerprint density at radius 3 is 2.76 bits per heavy atom. The lowest BCUT2D eigenvalue weighted by Crippen LogP contribution is -2.16. The van der Waals surface area contributed by atoms with Crippen LogP contribution in [0.1, 0.15) is 16.1 Å². The van der Waals surface area contributed by atoms with Crippen molar-refractivity contribution in [3.05, 3.63) is 56.7 Å². The van der Waals surface area contributed by atoms with Crippen LogP contribution in [-0.4, -0.2) is 24.3 Å². The summed E-state index contributed by atoms with van der Waals surface area (Å²) in [5, 5.41) is 14.7. The molecule has 128 valence electrons. The zero-order chi connectivity index (χ0) is 18.0. The van der Waals surface area contributed by atoms with E-state index in [2.05, 4.69) is 42.4 Å². The van der Waals surface area contributed by atoms with Crippen LogP contribution in [0.4, 0.5) is 0 Å². The van der Waals surface area contributed by atoms with Gasteiger partial charge in [-0.25, -0.2) is 5.43 Å². The monoisotopic (exact) mass is 466 g/mol. The van der Waals surface area contributed by atoms with Gasteiger partial charge in [-0.15, -0.1) is 0 Å². The van der Waals surface area contributed by atoms with Crippen molar-refractivity contribution in [2.45, 2.75) is 0 Å². The summed E-state index contributed by atoms with van der Waals surface area (Å²) in [4.78, 5) is 12.1. The molecule has 0 unspecified atom stereocenters. The first-order chi connectivity index (χ1) is 12.0. The van der Waals surface area contributed by atoms with Crippen molar-refractivity contribution < 1.29 is 19.1 Å². The zero-order valence-electron chi connectivity index (χ0n) is 12.9. The van der Waals surface area contributed by atoms with Crippen molar-refractivity contribution in [2.24, 2.45) is 5.10 Å². The number of furan rings is 1. The maximum atomic E-state index is 12.1. The van der Waals surface area contributed by atoms with E-state index in [0.29, 0.717) is 20.1 Å². The summed E-state index contributed by atoms with van der Waals surface area (Å²) in [5.41, 5.74) is 3.64. The summed E-state index contributed by atoms with van der Waals surface area (Å²) in [6.07, 6.45) is 1.43. The summed E-state index contributed by atoms with van der Waals surface area (Å²) < 4.78 is 11.6. The number of hydrazone groups is 1. The quantitative estimate of drug-likeness (QED) is 0.439. The van der Waals surface area contributed by atoms with Crippen LogP contribution in [0.5, 0.6) is 11.5 Å². The molecule has 0 aliphatic carbocycles. The highest BCUT2D eigenvalue weighted by Gasteiger charge is 2.14. The first-order valence-electron chi connectivity index (χ1n) is 7.08. The molecule has 0 saturated heterocycles. The fourth-order valence-electron chi connectivity index (χ4n) is 2.17. The van der Waals surface area contributed by atoms with Crippen LogP contribution in [0.2, 0.25) is 0 Å². The molecule has 0 aliphatic rings. The molecule has 2 aromatic carbocycles. The van der Waals surface area contributed by atoms with Crippen molar-refractivity contribution >= 4 is 55.0 Å². The van der Waals surface area contributed by atoms with Gasteiger partial charge in [-0.05, 0) is 50.1 Å². The van der Waals surface area contributed by atoms with Gasteiger partial charge in [0.2, 0.25) is 0 Å². The maximum absolute atomic E-state index is 12.1. The van der Waals surface area contributed by atoms with Crippen molar-refractivity contribution in [3.8, 4) is 11.5 Å². The number of carbonyl (C=O) groups excluding carboxylic acids is 1. The fraction of sp³-hybridized carbons (Fsp3) is 0.0588. The Labute approximate surface area is 159 Å². The number of rotatable bonds is 4. The Hall–Kier alpha value is -2.32. The van der Waals surface area contributed by atoms with Crippen LogP contribution in [0.15, 0.2) is 54.9 Å². The van der Waals surface area contributed by atoms with Gasteiger partial charge in [0.05, 0.1) is 17.8 Å². The minimum Gasteiger partial charge on any atom is -0.503 e. The van der Waals surface area contributed by atoms with E-state index in [1.165, 1.54) is 13.3 Å². The van der Waals surface area contributed by atoms with Crippen molar-refractivity contribution in [1.29, 1.82) is 0 Å². The second kappa shape index (κ2) is 7.28. The Morgan fingerprint density at radius 1 is 1.28 bits per heavy atom. The van der Waals surface area contributed by atoms with Gasteiger partial charge in [0.1, 0.15) is 5.58 Å². The third-order valence-electron chi connectivity index (χ3n) is 3.41. The average Bonchev–Trinajstić information content (AvgIpc) is 3.06. The largest absolute Gasteiger partial charge is 0.503 e. The molecule has 0 radical (unpaired) electrons. The molecule has 1 amide bonds. The molecule has 1 heterocycles. The van der Waals surface area contributed by atoms with E-state index < -0.39 is 5.91 Å². The first kappa shape index (κ1) is 17.5. The number of ether oxygens (including phenoxy) is 1. The third-order valence-corrected chi connectivity index (χ3v) is 5.57. The van der Waals surface area contributed by atoms with Crippen LogP contribution in [-0.2, 0) is 0 Å². The molecular formula is C17H12Br2N2O4. The number of nitrogens with zero attached hydrogens (tertiary/aromatic N) is 1. The summed E-state index contributed by atoms with van der Waals surface area (Å²) in [5.74, 6) is -0.0479. The smallest absolute Gasteiger partial charge is 0.307 e. The normalized spacial score (nSPS) is 11.2. The number of benzene rings is 2. The lowest BCUT2D eigenvalue weighted by molar-refractivity contribution is 0.0929. The number of phenolic OH excluding ortho intramolecular Hbond substituents is 1. The number of fused-ring (bicyclic) bond motifs is 1. The molecule has 0 aliphatic heterocycles. The lowest BCUT2D eigenvalue weighted by Gasteiger charge is -2.09. The number of phenols is 1. The van der Waals surface area contributed by atoms with Crippen LogP contribution >= 0.6 is 31.9 Å². The number of para-hydroxylation sites is 1. The number of methoxy groups -OCH3 is 1. The third kappa shape index (κ3) is 3.54. The summed E-state index contributed by atoms with van der Waals surface area (Å²) in [6.45, 7) is 0. The number of hydrogen-bond donors (Lipinski definition) is 2. The average molecular weight is 468 g/mol. The minimum absolute atomic E-state index is 0.0298. The number of hydrogen-bond acceptors (Lipinski definition) is 5. The predicted octanol–water partition coefficient (Wildman–Crippen LogP) is 4.44. The van der Waals surface area contributed by atoms with Crippen LogP contribution < -0.4 is 10.2 Å². The second-order valence-corrected chi connectivity index (χ2v) is 6.58. The van der Waals surface area contributed by atoms with Gasteiger partial charge in [0.15, 0.2) is 17.3 Å². The molecule has 0 saturated carbocycles. The topological polar surface area (TPSA) is 84.1 Å². The molecule has 0 spiro atoms. The molecule has 3 rings (SSSR count). The van der Waals surface area contributed by atoms with Crippen LogP contribution in [0.25, 0.3) is 11.0 Å². The molecule has 0 atom stereocenters. The number of nitrogens with one attached hydrogen (secondary N) is 1. The van der Waals surface area contributed by atoms with Gasteiger partial charge in [-0.3, -0.25) is 4.79 Å². The van der Waals surface area contributed by atoms with Gasteiger partial charge in [-0.1, -0.05) is 18.2 Å². The van der Waals surface area contributed by atoms with E-state index in [9.17, 15) is 9.90 Å². The molecule has 3 aromatic rings. The van der Waals surface area contributed by atoms with Gasteiger partial charge in [0.25, 0.3) is 0 Å². The van der Waals surface area contributed by atoms with Crippen molar-refractivity contribution in [3.63, 3.8) is 0 Å². The second-order valence-electron chi connectivity index (χ2n) is 4.99. The highest BCUT2D eigenvalue weighted by molar-refractivity contribution is 9.13. The number of carbonyl (C=O) groups is 1. The van der Waals surface area contributed by atoms with Crippen molar-refractivity contribution in [2.75, 3.05) is 7.11 Å². The highest BCUT2D eigenvalue weighted by atomic mass is 79.9. The van der Waals surface area contributed by atoms with E-state index in [0.717, 1.165) is 5.39 Å². The molecule has 8 heteroatoms. The molecule has 25 heavy (non-hydrogen) atoms. The van der Waals surface area contributed by atoms with E-state index in [1.807, 2.05) is 18.2 Å². The van der Waals surface area contributed by atoms with E-state index in [4.69, 9.17) is 9.15 Å². The van der Waals surface area contributed by atoms with Crippen LogP contribution in [0.3, 0.4) is 0 Å². The number of aromatic hydroxyl groups is 1. The SMILES string of the molecule is COc1cc(/C=N/NC(=O)c2cc3ccccc3o2)c(Br)c(Br)c1O. The molecular weight excluding hydrogens is 456 g/mol. The molecule has 2 N–H and O–H groups in total. The molecule has 6 nitrogen and oxygen atoms in total. The highest BCUT2D eigenvalue weighted by Crippen LogP contribution is 2.41. The Bertz CT molecular complexity index is 949. The fourth-order valence-corrected chi connectivity index (χ4v) is 3.00. The maximum Gasteiger partial charge on any atom is 0.307 e. The number of halogens is 2. The van der Waals surface area contributed by atoms with E-state index >= 15 is 0 Å². The molecule has 1 aromatic heterocycles. The standard InChI is InChI=1S/C17H12Br2N2O4/c1-24-12-7-10(14(18)15(19)16(12)22)8-20-21-17(23)13-6-9-4-2-3-5-11(9)25-13/h2-8,22H,1H3,(H,21,23)/b20-8+. The predicted molar refractivity (Wildman–Crippen MR) is 101 cm³/mol. The van der Waals surface area contributed by atoms with Gasteiger partial charge in [-0.2, -0.15) is 5.10 Å². The van der Waals surface area contributed by atoms with Crippen molar-refractivity contribution in [1.82, 2.24) is 5.43 Å². The molecule has 0 bridgehead atoms. The van der Waals surface area contributed by atoms with Crippen LogP contribution in [0, 0.1) is 0 Å². The first-order valence-corrected chi connectivity index (χ1v) is 8.66. The van der Waals surface area contributed by atoms with E-state index in [-0.39, 0.29) is 17.3 Å². The zero-order valence-corrected chi connectivity index (χ0v) is 16.1.